The molecular weight excluding hydrogens is 160 g/mol. The maximum absolute atomic E-state index is 3.29. The Hall–Kier alpha value is -0.520. The second-order valence-electron chi connectivity index (χ2n) is 2.98. The molecule has 0 bridgehead atoms. The SMILES string of the molecule is CC#CCNCCCN(CC)CC. The standard InChI is InChI=1S/C11H22N2/c1-4-7-9-12-10-8-11-13(5-2)6-3/h12H,5-6,8-11H2,1-3H3. The molecule has 0 heterocycles. The van der Waals surface area contributed by atoms with Gasteiger partial charge in [-0.1, -0.05) is 19.8 Å². The topological polar surface area (TPSA) is 15.3 Å². The van der Waals surface area contributed by atoms with Crippen LogP contribution in [0.1, 0.15) is 27.2 Å². The fraction of sp³-hybridized carbons (Fsp3) is 0.818. The molecule has 0 aliphatic rings. The van der Waals surface area contributed by atoms with Crippen LogP contribution in [0.2, 0.25) is 0 Å². The molecule has 2 nitrogen and oxygen atoms in total. The quantitative estimate of drug-likeness (QED) is 0.472. The molecule has 76 valence electrons. The van der Waals surface area contributed by atoms with Gasteiger partial charge in [-0.25, -0.2) is 0 Å². The Kier molecular flexibility index (Phi) is 9.18. The lowest BCUT2D eigenvalue weighted by atomic mass is 10.3. The molecule has 0 unspecified atom stereocenters. The molecule has 0 saturated carbocycles. The maximum Gasteiger partial charge on any atom is 0.0576 e. The third kappa shape index (κ3) is 7.83. The van der Waals surface area contributed by atoms with Crippen molar-refractivity contribution in [1.82, 2.24) is 10.2 Å². The zero-order valence-electron chi connectivity index (χ0n) is 9.19. The van der Waals surface area contributed by atoms with Crippen LogP contribution in [0, 0.1) is 11.8 Å². The molecule has 2 heteroatoms. The van der Waals surface area contributed by atoms with E-state index in [-0.39, 0.29) is 0 Å². The summed E-state index contributed by atoms with van der Waals surface area (Å²) in [6, 6.07) is 0. The predicted octanol–water partition coefficient (Wildman–Crippen LogP) is 1.33. The summed E-state index contributed by atoms with van der Waals surface area (Å²) in [5, 5.41) is 3.29. The summed E-state index contributed by atoms with van der Waals surface area (Å²) in [5.74, 6) is 5.86. The first-order valence-electron chi connectivity index (χ1n) is 5.17. The van der Waals surface area contributed by atoms with Gasteiger partial charge in [0.05, 0.1) is 6.54 Å². The average Bonchev–Trinajstić information content (AvgIpc) is 2.17. The zero-order chi connectivity index (χ0) is 9.94. The molecule has 0 aromatic carbocycles. The number of hydrogen-bond donors (Lipinski definition) is 1. The monoisotopic (exact) mass is 182 g/mol. The average molecular weight is 182 g/mol. The molecule has 0 fully saturated rings. The van der Waals surface area contributed by atoms with E-state index in [0.29, 0.717) is 0 Å². The molecule has 13 heavy (non-hydrogen) atoms. The molecule has 0 spiro atoms. The van der Waals surface area contributed by atoms with E-state index >= 15 is 0 Å². The van der Waals surface area contributed by atoms with Gasteiger partial charge in [0.2, 0.25) is 0 Å². The van der Waals surface area contributed by atoms with Crippen LogP contribution in [0.3, 0.4) is 0 Å². The molecule has 0 amide bonds. The first kappa shape index (κ1) is 12.5. The molecule has 0 rings (SSSR count). The van der Waals surface area contributed by atoms with Crippen molar-refractivity contribution in [1.29, 1.82) is 0 Å². The van der Waals surface area contributed by atoms with Gasteiger partial charge in [-0.2, -0.15) is 0 Å². The highest BCUT2D eigenvalue weighted by atomic mass is 15.1. The lowest BCUT2D eigenvalue weighted by molar-refractivity contribution is 0.299. The fourth-order valence-electron chi connectivity index (χ4n) is 1.21. The van der Waals surface area contributed by atoms with Crippen LogP contribution in [0.4, 0.5) is 0 Å². The van der Waals surface area contributed by atoms with E-state index in [1.54, 1.807) is 0 Å². The minimum Gasteiger partial charge on any atom is -0.306 e. The van der Waals surface area contributed by atoms with Gasteiger partial charge >= 0.3 is 0 Å². The van der Waals surface area contributed by atoms with Gasteiger partial charge in [0.1, 0.15) is 0 Å². The van der Waals surface area contributed by atoms with Crippen LogP contribution in [0.25, 0.3) is 0 Å². The second-order valence-corrected chi connectivity index (χ2v) is 2.98. The minimum absolute atomic E-state index is 0.828. The molecular formula is C11H22N2. The van der Waals surface area contributed by atoms with E-state index in [9.17, 15) is 0 Å². The summed E-state index contributed by atoms with van der Waals surface area (Å²) in [4.78, 5) is 2.44. The lowest BCUT2D eigenvalue weighted by Crippen LogP contribution is -2.27. The first-order valence-corrected chi connectivity index (χ1v) is 5.17. The molecule has 0 aromatic rings. The minimum atomic E-state index is 0.828. The predicted molar refractivity (Wildman–Crippen MR) is 58.7 cm³/mol. The lowest BCUT2D eigenvalue weighted by Gasteiger charge is -2.17. The summed E-state index contributed by atoms with van der Waals surface area (Å²) < 4.78 is 0. The Morgan fingerprint density at radius 1 is 1.23 bits per heavy atom. The largest absolute Gasteiger partial charge is 0.306 e. The Morgan fingerprint density at radius 3 is 2.46 bits per heavy atom. The normalized spacial score (nSPS) is 9.85. The summed E-state index contributed by atoms with van der Waals surface area (Å²) in [5.41, 5.74) is 0. The molecule has 0 aliphatic carbocycles. The number of nitrogens with one attached hydrogen (secondary N) is 1. The van der Waals surface area contributed by atoms with Crippen molar-refractivity contribution >= 4 is 0 Å². The van der Waals surface area contributed by atoms with Gasteiger partial charge in [-0.15, -0.1) is 5.92 Å². The molecule has 1 N–H and O–H groups in total. The van der Waals surface area contributed by atoms with E-state index in [1.807, 2.05) is 6.92 Å². The van der Waals surface area contributed by atoms with Crippen LogP contribution in [0.5, 0.6) is 0 Å². The van der Waals surface area contributed by atoms with E-state index in [0.717, 1.165) is 26.2 Å². The van der Waals surface area contributed by atoms with Crippen LogP contribution in [-0.2, 0) is 0 Å². The summed E-state index contributed by atoms with van der Waals surface area (Å²) in [6.07, 6.45) is 1.22. The first-order chi connectivity index (χ1) is 6.35. The van der Waals surface area contributed by atoms with Crippen molar-refractivity contribution in [3.05, 3.63) is 0 Å². The van der Waals surface area contributed by atoms with Gasteiger partial charge in [-0.3, -0.25) is 0 Å². The van der Waals surface area contributed by atoms with Crippen LogP contribution >= 0.6 is 0 Å². The highest BCUT2D eigenvalue weighted by Crippen LogP contribution is 1.88. The van der Waals surface area contributed by atoms with Crippen LogP contribution < -0.4 is 5.32 Å². The summed E-state index contributed by atoms with van der Waals surface area (Å²) >= 11 is 0. The van der Waals surface area contributed by atoms with E-state index in [1.165, 1.54) is 13.0 Å². The number of hydrogen-bond acceptors (Lipinski definition) is 2. The van der Waals surface area contributed by atoms with Gasteiger partial charge in [-0.05, 0) is 39.5 Å². The van der Waals surface area contributed by atoms with Crippen molar-refractivity contribution in [2.45, 2.75) is 27.2 Å². The molecule has 0 radical (unpaired) electrons. The second kappa shape index (κ2) is 9.57. The Morgan fingerprint density at radius 2 is 1.92 bits per heavy atom. The maximum atomic E-state index is 3.29. The van der Waals surface area contributed by atoms with Gasteiger partial charge in [0.15, 0.2) is 0 Å². The molecule has 0 atom stereocenters. The Balaban J connectivity index is 3.17. The highest BCUT2D eigenvalue weighted by molar-refractivity contribution is 4.96. The van der Waals surface area contributed by atoms with Crippen molar-refractivity contribution in [2.75, 3.05) is 32.7 Å². The summed E-state index contributed by atoms with van der Waals surface area (Å²) in [6.45, 7) is 11.7. The van der Waals surface area contributed by atoms with Crippen molar-refractivity contribution < 1.29 is 0 Å². The fourth-order valence-corrected chi connectivity index (χ4v) is 1.21. The van der Waals surface area contributed by atoms with Crippen LogP contribution in [-0.4, -0.2) is 37.6 Å². The van der Waals surface area contributed by atoms with Crippen LogP contribution in [0.15, 0.2) is 0 Å². The smallest absolute Gasteiger partial charge is 0.0576 e. The van der Waals surface area contributed by atoms with Crippen molar-refractivity contribution in [2.24, 2.45) is 0 Å². The van der Waals surface area contributed by atoms with E-state index in [4.69, 9.17) is 0 Å². The summed E-state index contributed by atoms with van der Waals surface area (Å²) in [7, 11) is 0. The Labute approximate surface area is 82.7 Å². The van der Waals surface area contributed by atoms with Gasteiger partial charge in [0, 0.05) is 0 Å². The van der Waals surface area contributed by atoms with E-state index < -0.39 is 0 Å². The van der Waals surface area contributed by atoms with Crippen molar-refractivity contribution in [3.63, 3.8) is 0 Å². The third-order valence-electron chi connectivity index (χ3n) is 2.11. The number of nitrogens with zero attached hydrogens (tertiary/aromatic N) is 1. The van der Waals surface area contributed by atoms with E-state index in [2.05, 4.69) is 35.9 Å². The highest BCUT2D eigenvalue weighted by Gasteiger charge is 1.96. The Bertz CT molecular complexity index is 151. The van der Waals surface area contributed by atoms with Gasteiger partial charge < -0.3 is 10.2 Å². The van der Waals surface area contributed by atoms with Crippen molar-refractivity contribution in [3.8, 4) is 11.8 Å². The molecule has 0 saturated heterocycles. The van der Waals surface area contributed by atoms with Gasteiger partial charge in [0.25, 0.3) is 0 Å². The third-order valence-corrected chi connectivity index (χ3v) is 2.11. The molecule has 0 aromatic heterocycles. The number of rotatable bonds is 7. The molecule has 0 aliphatic heterocycles. The zero-order valence-corrected chi connectivity index (χ0v) is 9.19.